The van der Waals surface area contributed by atoms with Gasteiger partial charge in [-0.2, -0.15) is 0 Å². The second kappa shape index (κ2) is 8.18. The molecule has 7 nitrogen and oxygen atoms in total. The van der Waals surface area contributed by atoms with Crippen LogP contribution in [-0.4, -0.2) is 31.5 Å². The van der Waals surface area contributed by atoms with Gasteiger partial charge in [-0.1, -0.05) is 0 Å². The number of anilines is 2. The largest absolute Gasteiger partial charge is 1.00 e. The zero-order valence-corrected chi connectivity index (χ0v) is 15.4. The Bertz CT molecular complexity index is 665. The Kier molecular flexibility index (Phi) is 7.20. The van der Waals surface area contributed by atoms with Gasteiger partial charge in [-0.3, -0.25) is 0 Å². The first-order valence-electron chi connectivity index (χ1n) is 5.79. The predicted octanol–water partition coefficient (Wildman–Crippen LogP) is -3.38. The van der Waals surface area contributed by atoms with Crippen LogP contribution in [0.15, 0.2) is 47.6 Å². The molecule has 0 saturated heterocycles. The zero-order valence-electron chi connectivity index (χ0n) is 11.5. The van der Waals surface area contributed by atoms with Gasteiger partial charge < -0.3 is 10.8 Å². The van der Waals surface area contributed by atoms with Crippen LogP contribution < -0.4 is 66.5 Å². The first kappa shape index (κ1) is 18.5. The minimum absolute atomic E-state index is 0. The maximum Gasteiger partial charge on any atom is 1.00 e. The summed E-state index contributed by atoms with van der Waals surface area (Å²) in [5.41, 5.74) is 5.99. The average molecular weight is 332 g/mol. The Hall–Kier alpha value is -0.554. The zero-order chi connectivity index (χ0) is 14.6. The number of benzene rings is 1. The van der Waals surface area contributed by atoms with Gasteiger partial charge in [0.25, 0.3) is 10.0 Å². The Balaban J connectivity index is 0.00000220. The molecule has 0 amide bonds. The van der Waals surface area contributed by atoms with Gasteiger partial charge in [-0.15, -0.1) is 6.61 Å². The molecule has 0 aliphatic rings. The molecule has 0 spiro atoms. The van der Waals surface area contributed by atoms with E-state index in [-0.39, 0.29) is 68.8 Å². The van der Waals surface area contributed by atoms with Crippen molar-refractivity contribution in [3.05, 3.63) is 42.7 Å². The minimum Gasteiger partial charge on any atom is -0.853 e. The molecule has 1 heterocycles. The summed E-state index contributed by atoms with van der Waals surface area (Å²) in [6, 6.07) is 7.29. The van der Waals surface area contributed by atoms with E-state index < -0.39 is 16.6 Å². The molecule has 2 rings (SSSR count). The third kappa shape index (κ3) is 4.46. The Morgan fingerprint density at radius 1 is 1.14 bits per heavy atom. The number of nitrogen functional groups attached to an aromatic ring is 1. The molecule has 1 aromatic carbocycles. The van der Waals surface area contributed by atoms with Crippen LogP contribution in [0.1, 0.15) is 0 Å². The topological polar surface area (TPSA) is 112 Å². The fraction of sp³-hybridized carbons (Fsp3) is 0.167. The summed E-state index contributed by atoms with van der Waals surface area (Å²) in [5, 5.41) is 10.9. The third-order valence-corrected chi connectivity index (χ3v) is 4.33. The molecular formula is C12H13KN4O3S. The molecule has 0 saturated carbocycles. The number of sulfonamides is 1. The maximum absolute atomic E-state index is 12.5. The Labute approximate surface area is 165 Å². The molecule has 0 fully saturated rings. The van der Waals surface area contributed by atoms with E-state index in [1.807, 2.05) is 0 Å². The van der Waals surface area contributed by atoms with Gasteiger partial charge in [-0.05, 0) is 30.3 Å². The predicted molar refractivity (Wildman–Crippen MR) is 72.3 cm³/mol. The molecule has 106 valence electrons. The summed E-state index contributed by atoms with van der Waals surface area (Å²) in [4.78, 5) is 7.79. The van der Waals surface area contributed by atoms with Crippen molar-refractivity contribution in [2.24, 2.45) is 0 Å². The van der Waals surface area contributed by atoms with Crippen LogP contribution >= 0.6 is 0 Å². The minimum atomic E-state index is -3.88. The number of nitrogens with two attached hydrogens (primary N) is 1. The normalized spacial score (nSPS) is 10.7. The van der Waals surface area contributed by atoms with Gasteiger partial charge in [0.15, 0.2) is 0 Å². The fourth-order valence-electron chi connectivity index (χ4n) is 1.60. The van der Waals surface area contributed by atoms with Crippen molar-refractivity contribution < 1.29 is 64.9 Å². The molecule has 0 bridgehead atoms. The second-order valence-corrected chi connectivity index (χ2v) is 5.76. The quantitative estimate of drug-likeness (QED) is 0.452. The van der Waals surface area contributed by atoms with E-state index in [4.69, 9.17) is 5.73 Å². The molecule has 0 aliphatic carbocycles. The van der Waals surface area contributed by atoms with Gasteiger partial charge in [-0.25, -0.2) is 22.7 Å². The summed E-state index contributed by atoms with van der Waals surface area (Å²) in [5.74, 6) is -0.0276. The summed E-state index contributed by atoms with van der Waals surface area (Å²) in [7, 11) is -3.88. The van der Waals surface area contributed by atoms with Crippen molar-refractivity contribution in [1.82, 2.24) is 9.97 Å². The number of hydrogen-bond donors (Lipinski definition) is 1. The van der Waals surface area contributed by atoms with Crippen LogP contribution in [0.25, 0.3) is 0 Å². The Morgan fingerprint density at radius 3 is 2.24 bits per heavy atom. The van der Waals surface area contributed by atoms with Crippen LogP contribution in [0.3, 0.4) is 0 Å². The van der Waals surface area contributed by atoms with E-state index in [0.29, 0.717) is 5.69 Å². The van der Waals surface area contributed by atoms with Crippen molar-refractivity contribution in [2.75, 3.05) is 23.2 Å². The van der Waals surface area contributed by atoms with Crippen LogP contribution in [0, 0.1) is 0 Å². The van der Waals surface area contributed by atoms with Crippen molar-refractivity contribution in [2.45, 2.75) is 4.90 Å². The monoisotopic (exact) mass is 332 g/mol. The molecule has 2 N–H and O–H groups in total. The number of aromatic nitrogens is 2. The average Bonchev–Trinajstić information content (AvgIpc) is 2.46. The van der Waals surface area contributed by atoms with Crippen LogP contribution in [-0.2, 0) is 10.0 Å². The molecule has 0 atom stereocenters. The van der Waals surface area contributed by atoms with Crippen molar-refractivity contribution in [1.29, 1.82) is 0 Å². The van der Waals surface area contributed by atoms with Crippen LogP contribution in [0.2, 0.25) is 0 Å². The fourth-order valence-corrected chi connectivity index (χ4v) is 2.96. The summed E-state index contributed by atoms with van der Waals surface area (Å²) < 4.78 is 25.9. The summed E-state index contributed by atoms with van der Waals surface area (Å²) >= 11 is 0. The second-order valence-electron chi connectivity index (χ2n) is 3.90. The van der Waals surface area contributed by atoms with Crippen LogP contribution in [0.4, 0.5) is 11.6 Å². The third-order valence-electron chi connectivity index (χ3n) is 2.54. The molecule has 21 heavy (non-hydrogen) atoms. The van der Waals surface area contributed by atoms with Gasteiger partial charge in [0.2, 0.25) is 5.95 Å². The molecule has 1 aromatic heterocycles. The summed E-state index contributed by atoms with van der Waals surface area (Å²) in [6.07, 6.45) is 2.83. The number of hydrogen-bond acceptors (Lipinski definition) is 6. The van der Waals surface area contributed by atoms with E-state index in [1.165, 1.54) is 36.7 Å². The molecule has 2 aromatic rings. The van der Waals surface area contributed by atoms with E-state index in [9.17, 15) is 13.5 Å². The maximum atomic E-state index is 12.5. The summed E-state index contributed by atoms with van der Waals surface area (Å²) in [6.45, 7) is -0.830. The van der Waals surface area contributed by atoms with E-state index in [2.05, 4.69) is 9.97 Å². The number of rotatable bonds is 5. The standard InChI is InChI=1S/C12H13N4O3S.K/c13-10-2-4-11(5-3-10)20(18,19)16(8-9-17)12-14-6-1-7-15-12;/h1-7H,8-9,13H2;/q-1;+1. The molecule has 0 radical (unpaired) electrons. The van der Waals surface area contributed by atoms with Gasteiger partial charge >= 0.3 is 51.4 Å². The van der Waals surface area contributed by atoms with Crippen LogP contribution in [0.5, 0.6) is 0 Å². The smallest absolute Gasteiger partial charge is 0.853 e. The first-order chi connectivity index (χ1) is 9.55. The molecule has 0 aliphatic heterocycles. The molecule has 9 heteroatoms. The molecule has 0 unspecified atom stereocenters. The van der Waals surface area contributed by atoms with Gasteiger partial charge in [0, 0.05) is 24.6 Å². The van der Waals surface area contributed by atoms with Crippen molar-refractivity contribution in [3.8, 4) is 0 Å². The number of nitrogens with zero attached hydrogens (tertiary/aromatic N) is 3. The first-order valence-corrected chi connectivity index (χ1v) is 7.23. The van der Waals surface area contributed by atoms with Crippen molar-refractivity contribution >= 4 is 21.7 Å². The van der Waals surface area contributed by atoms with E-state index >= 15 is 0 Å². The van der Waals surface area contributed by atoms with E-state index in [1.54, 1.807) is 6.07 Å². The van der Waals surface area contributed by atoms with Crippen molar-refractivity contribution in [3.63, 3.8) is 0 Å². The van der Waals surface area contributed by atoms with Gasteiger partial charge in [0.05, 0.1) is 4.90 Å². The Morgan fingerprint density at radius 2 is 1.71 bits per heavy atom. The SMILES string of the molecule is Nc1ccc(S(=O)(=O)N(CC[O-])c2ncccn2)cc1.[K+]. The van der Waals surface area contributed by atoms with Gasteiger partial charge in [0.1, 0.15) is 0 Å². The van der Waals surface area contributed by atoms with E-state index in [0.717, 1.165) is 4.31 Å². The molecular weight excluding hydrogens is 319 g/mol.